The van der Waals surface area contributed by atoms with Gasteiger partial charge in [0.1, 0.15) is 17.0 Å². The van der Waals surface area contributed by atoms with E-state index in [1.807, 2.05) is 0 Å². The molecule has 4 N–H and O–H groups in total. The van der Waals surface area contributed by atoms with Crippen molar-refractivity contribution in [2.45, 2.75) is 0 Å². The molecule has 1 rings (SSSR count). The van der Waals surface area contributed by atoms with Gasteiger partial charge in [0.15, 0.2) is 0 Å². The van der Waals surface area contributed by atoms with Crippen LogP contribution in [0.15, 0.2) is 23.8 Å². The van der Waals surface area contributed by atoms with Gasteiger partial charge < -0.3 is 19.7 Å². The van der Waals surface area contributed by atoms with Crippen LogP contribution in [-0.4, -0.2) is 48.7 Å². The lowest BCUT2D eigenvalue weighted by Gasteiger charge is -2.08. The standard InChI is InChI=1S/C12H13NO6.CH4O/c1-18-11(15)8(12(16)19-2)6-7-4-3-5-9(14)10(7)13-17;1-2/h3-6,13-14,17H,1-2H3;2H,1H3. The lowest BCUT2D eigenvalue weighted by molar-refractivity contribution is -0.143. The number of aromatic hydroxyl groups is 1. The molecule has 0 aliphatic heterocycles. The number of hydrogen-bond donors (Lipinski definition) is 4. The number of aliphatic hydroxyl groups is 1. The first-order valence-electron chi connectivity index (χ1n) is 5.60. The van der Waals surface area contributed by atoms with Gasteiger partial charge in [-0.1, -0.05) is 12.1 Å². The first-order valence-corrected chi connectivity index (χ1v) is 5.60. The summed E-state index contributed by atoms with van der Waals surface area (Å²) in [6, 6.07) is 4.28. The number of carbonyl (C=O) groups is 2. The third kappa shape index (κ3) is 4.79. The van der Waals surface area contributed by atoms with Gasteiger partial charge in [0, 0.05) is 12.7 Å². The number of anilines is 1. The zero-order chi connectivity index (χ0) is 16.4. The van der Waals surface area contributed by atoms with E-state index in [0.717, 1.165) is 27.4 Å². The number of para-hydroxylation sites is 1. The summed E-state index contributed by atoms with van der Waals surface area (Å²) in [5, 5.41) is 25.4. The molecule has 116 valence electrons. The van der Waals surface area contributed by atoms with E-state index in [1.165, 1.54) is 18.2 Å². The average Bonchev–Trinajstić information content (AvgIpc) is 2.53. The largest absolute Gasteiger partial charge is 0.506 e. The molecule has 0 bridgehead atoms. The van der Waals surface area contributed by atoms with Crippen LogP contribution >= 0.6 is 0 Å². The second-order valence-corrected chi connectivity index (χ2v) is 3.39. The highest BCUT2D eigenvalue weighted by Gasteiger charge is 2.20. The van der Waals surface area contributed by atoms with Crippen LogP contribution in [-0.2, 0) is 19.1 Å². The number of ether oxygens (including phenoxy) is 2. The van der Waals surface area contributed by atoms with E-state index in [2.05, 4.69) is 9.47 Å². The maximum Gasteiger partial charge on any atom is 0.345 e. The monoisotopic (exact) mass is 299 g/mol. The molecule has 1 aromatic carbocycles. The van der Waals surface area contributed by atoms with Gasteiger partial charge in [-0.25, -0.2) is 9.59 Å². The molecule has 0 radical (unpaired) electrons. The van der Waals surface area contributed by atoms with Crippen LogP contribution in [0.1, 0.15) is 5.56 Å². The third-order valence-electron chi connectivity index (χ3n) is 2.30. The van der Waals surface area contributed by atoms with Crippen molar-refractivity contribution in [2.24, 2.45) is 0 Å². The zero-order valence-corrected chi connectivity index (χ0v) is 11.8. The molecule has 0 unspecified atom stereocenters. The second-order valence-electron chi connectivity index (χ2n) is 3.39. The number of aliphatic hydroxyl groups excluding tert-OH is 1. The molecule has 0 aliphatic carbocycles. The van der Waals surface area contributed by atoms with E-state index in [9.17, 15) is 14.7 Å². The Hall–Kier alpha value is -2.58. The van der Waals surface area contributed by atoms with Crippen LogP contribution in [0.5, 0.6) is 5.75 Å². The van der Waals surface area contributed by atoms with Gasteiger partial charge in [-0.15, -0.1) is 0 Å². The maximum absolute atomic E-state index is 11.5. The SMILES string of the molecule is CO.COC(=O)C(=Cc1cccc(O)c1NO)C(=O)OC. The lowest BCUT2D eigenvalue weighted by Crippen LogP contribution is -2.15. The molecule has 21 heavy (non-hydrogen) atoms. The van der Waals surface area contributed by atoms with Crippen molar-refractivity contribution in [2.75, 3.05) is 26.8 Å². The molecule has 0 atom stereocenters. The van der Waals surface area contributed by atoms with Gasteiger partial charge >= 0.3 is 11.9 Å². The number of phenolic OH excluding ortho intramolecular Hbond substituents is 1. The lowest BCUT2D eigenvalue weighted by atomic mass is 10.1. The van der Waals surface area contributed by atoms with Crippen LogP contribution < -0.4 is 5.48 Å². The fraction of sp³-hybridized carbons (Fsp3) is 0.231. The Labute approximate surface area is 121 Å². The van der Waals surface area contributed by atoms with E-state index in [0.29, 0.717) is 0 Å². The molecule has 8 heteroatoms. The van der Waals surface area contributed by atoms with Crippen molar-refractivity contribution in [3.8, 4) is 5.75 Å². The quantitative estimate of drug-likeness (QED) is 0.158. The Kier molecular flexibility index (Phi) is 8.20. The molecule has 0 aliphatic rings. The molecule has 8 nitrogen and oxygen atoms in total. The summed E-state index contributed by atoms with van der Waals surface area (Å²) in [5.74, 6) is -2.02. The van der Waals surface area contributed by atoms with E-state index in [-0.39, 0.29) is 22.6 Å². The molecule has 0 fully saturated rings. The molecule has 0 saturated carbocycles. The summed E-state index contributed by atoms with van der Waals surface area (Å²) in [7, 11) is 3.24. The molecule has 0 saturated heterocycles. The first-order chi connectivity index (χ1) is 10.0. The summed E-state index contributed by atoms with van der Waals surface area (Å²) in [6.45, 7) is 0. The minimum atomic E-state index is -0.890. The fourth-order valence-electron chi connectivity index (χ4n) is 1.38. The molecule has 0 amide bonds. The highest BCUT2D eigenvalue weighted by molar-refractivity contribution is 6.18. The predicted molar refractivity (Wildman–Crippen MR) is 73.7 cm³/mol. The van der Waals surface area contributed by atoms with Crippen molar-refractivity contribution in [1.82, 2.24) is 0 Å². The predicted octanol–water partition coefficient (Wildman–Crippen LogP) is 0.531. The minimum absolute atomic E-state index is 0.0483. The van der Waals surface area contributed by atoms with Crippen LogP contribution in [0.3, 0.4) is 0 Å². The van der Waals surface area contributed by atoms with Crippen LogP contribution in [0.25, 0.3) is 6.08 Å². The summed E-state index contributed by atoms with van der Waals surface area (Å²) >= 11 is 0. The van der Waals surface area contributed by atoms with Crippen molar-refractivity contribution in [3.63, 3.8) is 0 Å². The molecule has 1 aromatic rings. The molecule has 0 aromatic heterocycles. The molecular formula is C13H17NO7. The van der Waals surface area contributed by atoms with Gasteiger partial charge in [0.2, 0.25) is 0 Å². The second kappa shape index (κ2) is 9.34. The minimum Gasteiger partial charge on any atom is -0.506 e. The summed E-state index contributed by atoms with van der Waals surface area (Å²) in [4.78, 5) is 22.9. The fourth-order valence-corrected chi connectivity index (χ4v) is 1.38. The highest BCUT2D eigenvalue weighted by atomic mass is 16.5. The van der Waals surface area contributed by atoms with E-state index in [1.54, 1.807) is 5.48 Å². The van der Waals surface area contributed by atoms with E-state index in [4.69, 9.17) is 10.3 Å². The van der Waals surface area contributed by atoms with Crippen LogP contribution in [0.4, 0.5) is 5.69 Å². The van der Waals surface area contributed by atoms with E-state index < -0.39 is 11.9 Å². The van der Waals surface area contributed by atoms with Gasteiger partial charge in [-0.3, -0.25) is 10.7 Å². The van der Waals surface area contributed by atoms with Crippen molar-refractivity contribution < 1.29 is 34.5 Å². The number of carbonyl (C=O) groups excluding carboxylic acids is 2. The Morgan fingerprint density at radius 1 is 1.14 bits per heavy atom. The smallest absolute Gasteiger partial charge is 0.345 e. The Bertz CT molecular complexity index is 507. The van der Waals surface area contributed by atoms with Crippen LogP contribution in [0.2, 0.25) is 0 Å². The number of nitrogens with one attached hydrogen (secondary N) is 1. The van der Waals surface area contributed by atoms with Crippen LogP contribution in [0, 0.1) is 0 Å². The van der Waals surface area contributed by atoms with Crippen molar-refractivity contribution in [3.05, 3.63) is 29.3 Å². The highest BCUT2D eigenvalue weighted by Crippen LogP contribution is 2.28. The third-order valence-corrected chi connectivity index (χ3v) is 2.30. The van der Waals surface area contributed by atoms with Crippen molar-refractivity contribution in [1.29, 1.82) is 0 Å². The normalized spacial score (nSPS) is 8.81. The number of rotatable bonds is 4. The summed E-state index contributed by atoms with van der Waals surface area (Å²) in [5.41, 5.74) is 1.58. The maximum atomic E-state index is 11.5. The number of esters is 2. The average molecular weight is 299 g/mol. The summed E-state index contributed by atoms with van der Waals surface area (Å²) in [6.07, 6.45) is 1.13. The summed E-state index contributed by atoms with van der Waals surface area (Å²) < 4.78 is 8.92. The van der Waals surface area contributed by atoms with Gasteiger partial charge in [0.05, 0.1) is 14.2 Å². The molecular weight excluding hydrogens is 282 g/mol. The Balaban J connectivity index is 0.00000191. The van der Waals surface area contributed by atoms with Gasteiger partial charge in [-0.05, 0) is 12.1 Å². The number of hydrogen-bond acceptors (Lipinski definition) is 8. The van der Waals surface area contributed by atoms with Gasteiger partial charge in [-0.2, -0.15) is 0 Å². The zero-order valence-electron chi connectivity index (χ0n) is 11.8. The molecule has 0 spiro atoms. The topological polar surface area (TPSA) is 125 Å². The van der Waals surface area contributed by atoms with Gasteiger partial charge in [0.25, 0.3) is 0 Å². The Morgan fingerprint density at radius 2 is 1.67 bits per heavy atom. The molecule has 0 heterocycles. The first kappa shape index (κ1) is 18.4. The van der Waals surface area contributed by atoms with E-state index >= 15 is 0 Å². The number of phenols is 1. The van der Waals surface area contributed by atoms with Crippen molar-refractivity contribution >= 4 is 23.7 Å². The Morgan fingerprint density at radius 3 is 2.10 bits per heavy atom. The number of methoxy groups -OCH3 is 2. The number of benzene rings is 1.